The van der Waals surface area contributed by atoms with Crippen molar-refractivity contribution in [3.63, 3.8) is 0 Å². The van der Waals surface area contributed by atoms with Gasteiger partial charge in [-0.2, -0.15) is 10.5 Å². The summed E-state index contributed by atoms with van der Waals surface area (Å²) in [5, 5.41) is 18.1. The SMILES string of the molecule is N#CC(C#N)=Cc1cc(=O)oc2ccccc12. The fraction of sp³-hybridized carbons (Fsp3) is 0. The van der Waals surface area contributed by atoms with Crippen LogP contribution in [-0.4, -0.2) is 0 Å². The molecule has 0 saturated heterocycles. The Balaban J connectivity index is 2.79. The largest absolute Gasteiger partial charge is 0.423 e. The van der Waals surface area contributed by atoms with Crippen LogP contribution < -0.4 is 5.63 Å². The molecule has 4 nitrogen and oxygen atoms in total. The lowest BCUT2D eigenvalue weighted by Gasteiger charge is -1.99. The molecule has 2 rings (SSSR count). The molecular weight excluding hydrogens is 216 g/mol. The number of hydrogen-bond donors (Lipinski definition) is 0. The molecular formula is C13H6N2O2. The summed E-state index contributed by atoms with van der Waals surface area (Å²) < 4.78 is 5.00. The second kappa shape index (κ2) is 4.34. The van der Waals surface area contributed by atoms with Gasteiger partial charge in [-0.25, -0.2) is 4.79 Å². The number of benzene rings is 1. The van der Waals surface area contributed by atoms with Gasteiger partial charge in [0.25, 0.3) is 0 Å². The van der Waals surface area contributed by atoms with Gasteiger partial charge >= 0.3 is 5.63 Å². The van der Waals surface area contributed by atoms with Crippen molar-refractivity contribution in [2.75, 3.05) is 0 Å². The van der Waals surface area contributed by atoms with Gasteiger partial charge in [-0.15, -0.1) is 0 Å². The van der Waals surface area contributed by atoms with E-state index in [1.54, 1.807) is 36.4 Å². The third-order valence-electron chi connectivity index (χ3n) is 2.22. The molecule has 0 amide bonds. The van der Waals surface area contributed by atoms with Crippen molar-refractivity contribution in [2.24, 2.45) is 0 Å². The average molecular weight is 222 g/mol. The lowest BCUT2D eigenvalue weighted by molar-refractivity contribution is 0.560. The summed E-state index contributed by atoms with van der Waals surface area (Å²) in [7, 11) is 0. The Kier molecular flexibility index (Phi) is 2.72. The van der Waals surface area contributed by atoms with Crippen molar-refractivity contribution >= 4 is 17.0 Å². The summed E-state index contributed by atoms with van der Waals surface area (Å²) in [6, 6.07) is 11.7. The second-order valence-electron chi connectivity index (χ2n) is 3.30. The molecule has 4 heteroatoms. The number of hydrogen-bond acceptors (Lipinski definition) is 4. The maximum Gasteiger partial charge on any atom is 0.336 e. The van der Waals surface area contributed by atoms with Gasteiger partial charge < -0.3 is 4.42 Å². The maximum atomic E-state index is 11.3. The highest BCUT2D eigenvalue weighted by molar-refractivity contribution is 5.87. The smallest absolute Gasteiger partial charge is 0.336 e. The molecule has 1 aromatic carbocycles. The molecule has 0 radical (unpaired) electrons. The van der Waals surface area contributed by atoms with Crippen LogP contribution in [0.2, 0.25) is 0 Å². The van der Waals surface area contributed by atoms with Gasteiger partial charge in [0, 0.05) is 11.5 Å². The third-order valence-corrected chi connectivity index (χ3v) is 2.22. The molecule has 80 valence electrons. The number of rotatable bonds is 1. The normalized spacial score (nSPS) is 9.29. The summed E-state index contributed by atoms with van der Waals surface area (Å²) >= 11 is 0. The Morgan fingerprint density at radius 3 is 2.65 bits per heavy atom. The Morgan fingerprint density at radius 1 is 1.24 bits per heavy atom. The fourth-order valence-corrected chi connectivity index (χ4v) is 1.50. The highest BCUT2D eigenvalue weighted by Gasteiger charge is 2.03. The van der Waals surface area contributed by atoms with Crippen LogP contribution in [0.5, 0.6) is 0 Å². The first kappa shape index (κ1) is 10.7. The van der Waals surface area contributed by atoms with Crippen LogP contribution in [0.4, 0.5) is 0 Å². The second-order valence-corrected chi connectivity index (χ2v) is 3.30. The summed E-state index contributed by atoms with van der Waals surface area (Å²) in [5.74, 6) is 0. The molecule has 0 aliphatic rings. The molecule has 0 aliphatic heterocycles. The van der Waals surface area contributed by atoms with Gasteiger partial charge in [0.2, 0.25) is 0 Å². The van der Waals surface area contributed by atoms with Crippen LogP contribution in [0.25, 0.3) is 17.0 Å². The summed E-state index contributed by atoms with van der Waals surface area (Å²) in [6.07, 6.45) is 1.37. The minimum atomic E-state index is -0.509. The minimum absolute atomic E-state index is 0.0549. The van der Waals surface area contributed by atoms with Crippen molar-refractivity contribution in [1.29, 1.82) is 10.5 Å². The first-order valence-corrected chi connectivity index (χ1v) is 4.79. The van der Waals surface area contributed by atoms with E-state index in [2.05, 4.69) is 0 Å². The van der Waals surface area contributed by atoms with E-state index in [-0.39, 0.29) is 5.57 Å². The van der Waals surface area contributed by atoms with Gasteiger partial charge in [0.15, 0.2) is 0 Å². The van der Waals surface area contributed by atoms with E-state index in [4.69, 9.17) is 14.9 Å². The minimum Gasteiger partial charge on any atom is -0.423 e. The van der Waals surface area contributed by atoms with E-state index >= 15 is 0 Å². The van der Waals surface area contributed by atoms with E-state index in [9.17, 15) is 4.79 Å². The van der Waals surface area contributed by atoms with Crippen molar-refractivity contribution in [1.82, 2.24) is 0 Å². The highest BCUT2D eigenvalue weighted by Crippen LogP contribution is 2.18. The van der Waals surface area contributed by atoms with E-state index in [1.165, 1.54) is 12.1 Å². The topological polar surface area (TPSA) is 77.8 Å². The lowest BCUT2D eigenvalue weighted by atomic mass is 10.1. The molecule has 0 aliphatic carbocycles. The zero-order valence-electron chi connectivity index (χ0n) is 8.68. The standard InChI is InChI=1S/C13H6N2O2/c14-7-9(8-15)5-10-6-13(16)17-12-4-2-1-3-11(10)12/h1-6H. The van der Waals surface area contributed by atoms with E-state index < -0.39 is 5.63 Å². The van der Waals surface area contributed by atoms with Crippen molar-refractivity contribution in [3.8, 4) is 12.1 Å². The quantitative estimate of drug-likeness (QED) is 0.547. The van der Waals surface area contributed by atoms with Gasteiger partial charge in [0.05, 0.1) is 0 Å². The summed E-state index contributed by atoms with van der Waals surface area (Å²) in [6.45, 7) is 0. The average Bonchev–Trinajstić information content (AvgIpc) is 2.35. The number of allylic oxidation sites excluding steroid dienone is 1. The van der Waals surface area contributed by atoms with Gasteiger partial charge in [-0.1, -0.05) is 18.2 Å². The Labute approximate surface area is 96.6 Å². The van der Waals surface area contributed by atoms with Gasteiger partial charge in [0.1, 0.15) is 23.3 Å². The van der Waals surface area contributed by atoms with E-state index in [0.29, 0.717) is 16.5 Å². The van der Waals surface area contributed by atoms with Crippen LogP contribution in [0.3, 0.4) is 0 Å². The molecule has 2 aromatic rings. The van der Waals surface area contributed by atoms with E-state index in [1.807, 2.05) is 0 Å². The maximum absolute atomic E-state index is 11.3. The predicted molar refractivity (Wildman–Crippen MR) is 61.7 cm³/mol. The molecule has 0 fully saturated rings. The van der Waals surface area contributed by atoms with Gasteiger partial charge in [-0.3, -0.25) is 0 Å². The monoisotopic (exact) mass is 222 g/mol. The molecule has 0 N–H and O–H groups in total. The lowest BCUT2D eigenvalue weighted by Crippen LogP contribution is -1.97. The molecule has 1 heterocycles. The van der Waals surface area contributed by atoms with Crippen LogP contribution in [-0.2, 0) is 0 Å². The van der Waals surface area contributed by atoms with Crippen LogP contribution in [0.1, 0.15) is 5.56 Å². The molecule has 1 aromatic heterocycles. The Hall–Kier alpha value is -2.85. The molecule has 17 heavy (non-hydrogen) atoms. The molecule has 0 saturated carbocycles. The molecule has 0 bridgehead atoms. The predicted octanol–water partition coefficient (Wildman–Crippen LogP) is 2.22. The zero-order valence-corrected chi connectivity index (χ0v) is 8.68. The first-order chi connectivity index (χ1) is 8.24. The van der Waals surface area contributed by atoms with Crippen LogP contribution >= 0.6 is 0 Å². The Morgan fingerprint density at radius 2 is 1.94 bits per heavy atom. The first-order valence-electron chi connectivity index (χ1n) is 4.79. The Bertz CT molecular complexity index is 726. The van der Waals surface area contributed by atoms with Crippen molar-refractivity contribution in [3.05, 3.63) is 51.9 Å². The van der Waals surface area contributed by atoms with Crippen LogP contribution in [0, 0.1) is 22.7 Å². The molecule has 0 spiro atoms. The summed E-state index contributed by atoms with van der Waals surface area (Å²) in [5.41, 5.74) is 0.377. The van der Waals surface area contributed by atoms with Crippen molar-refractivity contribution in [2.45, 2.75) is 0 Å². The third kappa shape index (κ3) is 2.06. The number of nitrogens with zero attached hydrogens (tertiary/aromatic N) is 2. The molecule has 0 unspecified atom stereocenters. The fourth-order valence-electron chi connectivity index (χ4n) is 1.50. The van der Waals surface area contributed by atoms with Gasteiger partial charge in [-0.05, 0) is 17.7 Å². The van der Waals surface area contributed by atoms with E-state index in [0.717, 1.165) is 0 Å². The zero-order chi connectivity index (χ0) is 12.3. The summed E-state index contributed by atoms with van der Waals surface area (Å²) in [4.78, 5) is 11.3. The van der Waals surface area contributed by atoms with Crippen LogP contribution in [0.15, 0.2) is 45.1 Å². The highest BCUT2D eigenvalue weighted by atomic mass is 16.4. The molecule has 0 atom stereocenters. The number of fused-ring (bicyclic) bond motifs is 1. The number of nitriles is 2. The van der Waals surface area contributed by atoms with Crippen molar-refractivity contribution < 1.29 is 4.42 Å². The number of para-hydroxylation sites is 1.